The average molecular weight is 339 g/mol. The molecular weight excluding hydrogens is 308 g/mol. The lowest BCUT2D eigenvalue weighted by atomic mass is 10.1. The molecule has 130 valence electrons. The maximum atomic E-state index is 10.2. The molecule has 1 saturated heterocycles. The molecular formula is C18H30N2O2S. The first kappa shape index (κ1) is 18.6. The minimum Gasteiger partial charge on any atom is -0.497 e. The van der Waals surface area contributed by atoms with Gasteiger partial charge in [0, 0.05) is 24.7 Å². The van der Waals surface area contributed by atoms with E-state index in [-0.39, 0.29) is 0 Å². The number of methoxy groups -OCH3 is 1. The monoisotopic (exact) mass is 338 g/mol. The third kappa shape index (κ3) is 7.12. The number of nitrogens with zero attached hydrogens (tertiary/aromatic N) is 1. The molecule has 1 heterocycles. The van der Waals surface area contributed by atoms with Crippen molar-refractivity contribution in [3.63, 3.8) is 0 Å². The van der Waals surface area contributed by atoms with Gasteiger partial charge in [0.15, 0.2) is 0 Å². The minimum absolute atomic E-state index is 0.474. The summed E-state index contributed by atoms with van der Waals surface area (Å²) >= 11 is 2.04. The highest BCUT2D eigenvalue weighted by Crippen LogP contribution is 2.18. The fourth-order valence-electron chi connectivity index (χ4n) is 2.77. The molecule has 23 heavy (non-hydrogen) atoms. The molecule has 4 nitrogen and oxygen atoms in total. The van der Waals surface area contributed by atoms with Gasteiger partial charge < -0.3 is 15.2 Å². The van der Waals surface area contributed by atoms with Crippen molar-refractivity contribution in [3.8, 4) is 5.75 Å². The Bertz CT molecular complexity index is 439. The van der Waals surface area contributed by atoms with Gasteiger partial charge in [-0.3, -0.25) is 4.90 Å². The highest BCUT2D eigenvalue weighted by Gasteiger charge is 2.10. The molecule has 0 bridgehead atoms. The number of hydrogen-bond donors (Lipinski definition) is 2. The van der Waals surface area contributed by atoms with E-state index in [1.165, 1.54) is 50.4 Å². The third-order valence-corrected chi connectivity index (χ3v) is 5.24. The summed E-state index contributed by atoms with van der Waals surface area (Å²) in [6.07, 6.45) is 4.59. The Morgan fingerprint density at radius 3 is 2.96 bits per heavy atom. The van der Waals surface area contributed by atoms with Gasteiger partial charge in [-0.15, -0.1) is 11.8 Å². The molecule has 0 saturated carbocycles. The molecule has 0 aliphatic carbocycles. The average Bonchev–Trinajstić information content (AvgIpc) is 3.10. The maximum Gasteiger partial charge on any atom is 0.119 e. The second kappa shape index (κ2) is 10.9. The predicted molar refractivity (Wildman–Crippen MR) is 98.2 cm³/mol. The van der Waals surface area contributed by atoms with Crippen LogP contribution in [0.4, 0.5) is 0 Å². The molecule has 1 aromatic rings. The van der Waals surface area contributed by atoms with Crippen LogP contribution in [0.15, 0.2) is 24.3 Å². The molecule has 0 radical (unpaired) electrons. The van der Waals surface area contributed by atoms with Crippen LogP contribution in [-0.2, 0) is 0 Å². The molecule has 0 amide bonds. The lowest BCUT2D eigenvalue weighted by Gasteiger charge is -2.14. The number of unbranched alkanes of at least 4 members (excludes halogenated alkanes) is 3. The summed E-state index contributed by atoms with van der Waals surface area (Å²) in [6, 6.07) is 7.63. The van der Waals surface area contributed by atoms with Gasteiger partial charge >= 0.3 is 0 Å². The zero-order valence-electron chi connectivity index (χ0n) is 14.2. The van der Waals surface area contributed by atoms with Gasteiger partial charge in [0.05, 0.1) is 13.2 Å². The number of thioether (sulfide) groups is 1. The van der Waals surface area contributed by atoms with Crippen molar-refractivity contribution in [1.29, 1.82) is 0 Å². The van der Waals surface area contributed by atoms with Crippen LogP contribution in [0.5, 0.6) is 5.75 Å². The number of ether oxygens (including phenoxy) is 1. The summed E-state index contributed by atoms with van der Waals surface area (Å²) in [6.45, 7) is 4.10. The second-order valence-electron chi connectivity index (χ2n) is 6.07. The second-order valence-corrected chi connectivity index (χ2v) is 7.14. The summed E-state index contributed by atoms with van der Waals surface area (Å²) in [5, 5.41) is 13.5. The number of aliphatic hydroxyl groups is 1. The number of aliphatic hydroxyl groups excluding tert-OH is 1. The van der Waals surface area contributed by atoms with Crippen molar-refractivity contribution in [2.24, 2.45) is 0 Å². The molecule has 1 aliphatic rings. The predicted octanol–water partition coefficient (Wildman–Crippen LogP) is 2.88. The van der Waals surface area contributed by atoms with E-state index in [9.17, 15) is 5.11 Å². The van der Waals surface area contributed by atoms with Gasteiger partial charge in [0.1, 0.15) is 5.75 Å². The Labute approximate surface area is 144 Å². The zero-order valence-corrected chi connectivity index (χ0v) is 15.0. The molecule has 1 fully saturated rings. The van der Waals surface area contributed by atoms with Crippen LogP contribution in [0.2, 0.25) is 0 Å². The van der Waals surface area contributed by atoms with Crippen molar-refractivity contribution >= 4 is 11.8 Å². The fourth-order valence-corrected chi connectivity index (χ4v) is 3.81. The summed E-state index contributed by atoms with van der Waals surface area (Å²) in [5.41, 5.74) is 0.903. The summed E-state index contributed by atoms with van der Waals surface area (Å²) < 4.78 is 5.19. The number of nitrogens with one attached hydrogen (secondary N) is 1. The van der Waals surface area contributed by atoms with E-state index in [1.807, 2.05) is 36.0 Å². The summed E-state index contributed by atoms with van der Waals surface area (Å²) in [4.78, 5) is 2.55. The molecule has 0 aromatic heterocycles. The molecule has 1 aromatic carbocycles. The molecule has 1 aliphatic heterocycles. The fraction of sp³-hybridized carbons (Fsp3) is 0.667. The van der Waals surface area contributed by atoms with E-state index in [2.05, 4.69) is 10.2 Å². The van der Waals surface area contributed by atoms with Gasteiger partial charge in [-0.2, -0.15) is 0 Å². The third-order valence-electron chi connectivity index (χ3n) is 4.22. The van der Waals surface area contributed by atoms with Crippen LogP contribution in [-0.4, -0.2) is 54.9 Å². The van der Waals surface area contributed by atoms with Crippen molar-refractivity contribution < 1.29 is 9.84 Å². The Hall–Kier alpha value is -0.750. The maximum absolute atomic E-state index is 10.2. The van der Waals surface area contributed by atoms with Crippen LogP contribution in [0.1, 0.15) is 37.4 Å². The molecule has 1 atom stereocenters. The number of hydrogen-bond acceptors (Lipinski definition) is 5. The molecule has 0 spiro atoms. The van der Waals surface area contributed by atoms with Gasteiger partial charge in [0.25, 0.3) is 0 Å². The van der Waals surface area contributed by atoms with Crippen molar-refractivity contribution in [3.05, 3.63) is 29.8 Å². The van der Waals surface area contributed by atoms with Crippen LogP contribution >= 0.6 is 11.8 Å². The van der Waals surface area contributed by atoms with Gasteiger partial charge in [0.2, 0.25) is 0 Å². The van der Waals surface area contributed by atoms with E-state index < -0.39 is 6.10 Å². The number of benzene rings is 1. The molecule has 2 N–H and O–H groups in total. The van der Waals surface area contributed by atoms with E-state index >= 15 is 0 Å². The van der Waals surface area contributed by atoms with E-state index in [0.29, 0.717) is 6.54 Å². The van der Waals surface area contributed by atoms with Crippen LogP contribution in [0.25, 0.3) is 0 Å². The Kier molecular flexibility index (Phi) is 8.82. The Balaban J connectivity index is 1.48. The van der Waals surface area contributed by atoms with E-state index in [4.69, 9.17) is 4.74 Å². The minimum atomic E-state index is -0.474. The van der Waals surface area contributed by atoms with Crippen molar-refractivity contribution in [2.45, 2.75) is 31.8 Å². The molecule has 2 rings (SSSR count). The first-order chi connectivity index (χ1) is 11.3. The van der Waals surface area contributed by atoms with Gasteiger partial charge in [-0.1, -0.05) is 25.0 Å². The summed E-state index contributed by atoms with van der Waals surface area (Å²) in [5.74, 6) is 3.32. The number of rotatable bonds is 11. The molecule has 5 heteroatoms. The smallest absolute Gasteiger partial charge is 0.119 e. The lowest BCUT2D eigenvalue weighted by Crippen LogP contribution is -2.22. The van der Waals surface area contributed by atoms with Crippen LogP contribution in [0, 0.1) is 0 Å². The van der Waals surface area contributed by atoms with Crippen LogP contribution in [0.3, 0.4) is 0 Å². The highest BCUT2D eigenvalue weighted by atomic mass is 32.2. The first-order valence-electron chi connectivity index (χ1n) is 8.62. The van der Waals surface area contributed by atoms with Crippen molar-refractivity contribution in [2.75, 3.05) is 44.9 Å². The highest BCUT2D eigenvalue weighted by molar-refractivity contribution is 7.99. The van der Waals surface area contributed by atoms with Gasteiger partial charge in [-0.25, -0.2) is 0 Å². The quantitative estimate of drug-likeness (QED) is 0.608. The van der Waals surface area contributed by atoms with E-state index in [0.717, 1.165) is 17.9 Å². The Morgan fingerprint density at radius 2 is 2.17 bits per heavy atom. The molecule has 1 unspecified atom stereocenters. The zero-order chi connectivity index (χ0) is 16.3. The first-order valence-corrected chi connectivity index (χ1v) is 9.78. The normalized spacial score (nSPS) is 16.6. The Morgan fingerprint density at radius 1 is 1.30 bits per heavy atom. The van der Waals surface area contributed by atoms with Gasteiger partial charge in [-0.05, 0) is 43.6 Å². The SMILES string of the molecule is COc1cccc(C(O)CNCCCCCCN2CCSC2)c1. The lowest BCUT2D eigenvalue weighted by molar-refractivity contribution is 0.174. The topological polar surface area (TPSA) is 44.7 Å². The summed E-state index contributed by atoms with van der Waals surface area (Å²) in [7, 11) is 1.65. The largest absolute Gasteiger partial charge is 0.497 e. The standard InChI is InChI=1S/C18H30N2O2S/c1-22-17-8-6-7-16(13-17)18(21)14-19-9-4-2-3-5-10-20-11-12-23-15-20/h6-8,13,18-19,21H,2-5,9-12,14-15H2,1H3. The van der Waals surface area contributed by atoms with Crippen LogP contribution < -0.4 is 10.1 Å². The van der Waals surface area contributed by atoms with Crippen molar-refractivity contribution in [1.82, 2.24) is 10.2 Å². The van der Waals surface area contributed by atoms with E-state index in [1.54, 1.807) is 7.11 Å².